The van der Waals surface area contributed by atoms with Crippen molar-refractivity contribution >= 4 is 22.7 Å². The fourth-order valence-electron chi connectivity index (χ4n) is 2.32. The van der Waals surface area contributed by atoms with Crippen molar-refractivity contribution in [3.05, 3.63) is 36.2 Å². The first-order chi connectivity index (χ1) is 9.09. The number of nitrogens with zero attached hydrogens (tertiary/aromatic N) is 2. The Morgan fingerprint density at radius 2 is 2.16 bits per heavy atom. The van der Waals surface area contributed by atoms with Crippen LogP contribution in [-0.4, -0.2) is 25.8 Å². The minimum absolute atomic E-state index is 0.00820. The van der Waals surface area contributed by atoms with Crippen LogP contribution in [0.15, 0.2) is 30.5 Å². The first kappa shape index (κ1) is 11.3. The topological polar surface area (TPSA) is 96.9 Å². The number of nitrogens with two attached hydrogens (primary N) is 1. The summed E-state index contributed by atoms with van der Waals surface area (Å²) in [7, 11) is 1.91. The van der Waals surface area contributed by atoms with Gasteiger partial charge in [0, 0.05) is 29.7 Å². The van der Waals surface area contributed by atoms with Crippen molar-refractivity contribution in [2.24, 2.45) is 7.05 Å². The number of hydrogen-bond acceptors (Lipinski definition) is 3. The van der Waals surface area contributed by atoms with E-state index in [0.717, 1.165) is 16.5 Å². The van der Waals surface area contributed by atoms with Gasteiger partial charge >= 0.3 is 5.97 Å². The summed E-state index contributed by atoms with van der Waals surface area (Å²) in [5.41, 5.74) is 8.01. The number of carboxylic acids is 1. The van der Waals surface area contributed by atoms with Crippen molar-refractivity contribution in [2.45, 2.75) is 0 Å². The van der Waals surface area contributed by atoms with Gasteiger partial charge in [-0.25, -0.2) is 4.79 Å². The highest BCUT2D eigenvalue weighted by Crippen LogP contribution is 2.34. The Hall–Kier alpha value is -2.76. The van der Waals surface area contributed by atoms with Gasteiger partial charge in [-0.1, -0.05) is 18.2 Å². The Balaban J connectivity index is 2.37. The number of aromatic carboxylic acids is 1. The summed E-state index contributed by atoms with van der Waals surface area (Å²) in [5.74, 6) is -0.888. The van der Waals surface area contributed by atoms with Crippen LogP contribution in [0.1, 0.15) is 10.5 Å². The SMILES string of the molecule is Cn1cc(-c2c(N)n[nH]c2C(=O)O)c2ccccc21. The van der Waals surface area contributed by atoms with E-state index in [-0.39, 0.29) is 11.5 Å². The summed E-state index contributed by atoms with van der Waals surface area (Å²) in [5, 5.41) is 16.4. The number of fused-ring (bicyclic) bond motifs is 1. The van der Waals surface area contributed by atoms with E-state index in [1.807, 2.05) is 42.1 Å². The zero-order valence-corrected chi connectivity index (χ0v) is 10.2. The van der Waals surface area contributed by atoms with Crippen LogP contribution in [0.5, 0.6) is 0 Å². The first-order valence-corrected chi connectivity index (χ1v) is 5.71. The number of aryl methyl sites for hydroxylation is 1. The molecule has 0 aliphatic carbocycles. The molecule has 0 bridgehead atoms. The van der Waals surface area contributed by atoms with Crippen LogP contribution < -0.4 is 5.73 Å². The zero-order chi connectivity index (χ0) is 13.6. The Bertz CT molecular complexity index is 785. The maximum atomic E-state index is 11.2. The van der Waals surface area contributed by atoms with Crippen LogP contribution in [0.3, 0.4) is 0 Å². The Labute approximate surface area is 108 Å². The second-order valence-electron chi connectivity index (χ2n) is 4.33. The molecule has 0 aliphatic rings. The van der Waals surface area contributed by atoms with Gasteiger partial charge < -0.3 is 15.4 Å². The summed E-state index contributed by atoms with van der Waals surface area (Å²) < 4.78 is 1.93. The van der Waals surface area contributed by atoms with Crippen LogP contribution in [0, 0.1) is 0 Å². The molecule has 4 N–H and O–H groups in total. The lowest BCUT2D eigenvalue weighted by atomic mass is 10.0. The van der Waals surface area contributed by atoms with E-state index < -0.39 is 5.97 Å². The number of aromatic nitrogens is 3. The van der Waals surface area contributed by atoms with Crippen molar-refractivity contribution in [1.29, 1.82) is 0 Å². The number of nitrogens with one attached hydrogen (secondary N) is 1. The van der Waals surface area contributed by atoms with Crippen molar-refractivity contribution in [2.75, 3.05) is 5.73 Å². The number of benzene rings is 1. The molecule has 19 heavy (non-hydrogen) atoms. The minimum atomic E-state index is -1.08. The van der Waals surface area contributed by atoms with Gasteiger partial charge in [-0.15, -0.1) is 0 Å². The maximum Gasteiger partial charge on any atom is 0.354 e. The quantitative estimate of drug-likeness (QED) is 0.651. The third kappa shape index (κ3) is 1.57. The summed E-state index contributed by atoms with van der Waals surface area (Å²) >= 11 is 0. The highest BCUT2D eigenvalue weighted by atomic mass is 16.4. The van der Waals surface area contributed by atoms with Gasteiger partial charge in [0.1, 0.15) is 0 Å². The average Bonchev–Trinajstić information content (AvgIpc) is 2.91. The molecular formula is C13H12N4O2. The van der Waals surface area contributed by atoms with E-state index in [0.29, 0.717) is 5.56 Å². The molecule has 1 aromatic carbocycles. The van der Waals surface area contributed by atoms with Crippen LogP contribution in [0.4, 0.5) is 5.82 Å². The number of anilines is 1. The highest BCUT2D eigenvalue weighted by molar-refractivity contribution is 6.05. The zero-order valence-electron chi connectivity index (χ0n) is 10.2. The van der Waals surface area contributed by atoms with Gasteiger partial charge in [0.2, 0.25) is 0 Å². The monoisotopic (exact) mass is 256 g/mol. The molecular weight excluding hydrogens is 244 g/mol. The van der Waals surface area contributed by atoms with Crippen molar-refractivity contribution in [3.63, 3.8) is 0 Å². The van der Waals surface area contributed by atoms with E-state index >= 15 is 0 Å². The number of hydrogen-bond donors (Lipinski definition) is 3. The largest absolute Gasteiger partial charge is 0.477 e. The van der Waals surface area contributed by atoms with Gasteiger partial charge in [-0.2, -0.15) is 5.10 Å². The summed E-state index contributed by atoms with van der Waals surface area (Å²) in [6, 6.07) is 7.74. The lowest BCUT2D eigenvalue weighted by Crippen LogP contribution is -1.99. The van der Waals surface area contributed by atoms with Gasteiger partial charge in [0.05, 0.1) is 5.56 Å². The lowest BCUT2D eigenvalue weighted by molar-refractivity contribution is 0.0691. The Morgan fingerprint density at radius 3 is 2.89 bits per heavy atom. The predicted octanol–water partition coefficient (Wildman–Crippen LogP) is 1.85. The molecule has 0 amide bonds. The molecule has 96 valence electrons. The maximum absolute atomic E-state index is 11.2. The van der Waals surface area contributed by atoms with Gasteiger partial charge in [0.25, 0.3) is 0 Å². The lowest BCUT2D eigenvalue weighted by Gasteiger charge is -1.99. The molecule has 6 heteroatoms. The fraction of sp³-hybridized carbons (Fsp3) is 0.0769. The second kappa shape index (κ2) is 3.88. The van der Waals surface area contributed by atoms with E-state index in [2.05, 4.69) is 10.2 Å². The molecule has 0 unspecified atom stereocenters. The number of para-hydroxylation sites is 1. The van der Waals surface area contributed by atoms with Crippen LogP contribution in [-0.2, 0) is 7.05 Å². The molecule has 0 radical (unpaired) electrons. The summed E-state index contributed by atoms with van der Waals surface area (Å²) in [4.78, 5) is 11.2. The highest BCUT2D eigenvalue weighted by Gasteiger charge is 2.21. The molecule has 0 aliphatic heterocycles. The van der Waals surface area contributed by atoms with Crippen LogP contribution in [0.2, 0.25) is 0 Å². The minimum Gasteiger partial charge on any atom is -0.477 e. The number of H-pyrrole nitrogens is 1. The molecule has 3 aromatic rings. The fourth-order valence-corrected chi connectivity index (χ4v) is 2.32. The van der Waals surface area contributed by atoms with Gasteiger partial charge in [-0.3, -0.25) is 5.10 Å². The number of rotatable bonds is 2. The molecule has 3 rings (SSSR count). The van der Waals surface area contributed by atoms with Crippen molar-refractivity contribution < 1.29 is 9.90 Å². The number of aromatic amines is 1. The molecule has 0 saturated heterocycles. The van der Waals surface area contributed by atoms with E-state index in [1.54, 1.807) is 0 Å². The van der Waals surface area contributed by atoms with Crippen molar-refractivity contribution in [1.82, 2.24) is 14.8 Å². The molecule has 0 atom stereocenters. The van der Waals surface area contributed by atoms with E-state index in [1.165, 1.54) is 0 Å². The predicted molar refractivity (Wildman–Crippen MR) is 71.9 cm³/mol. The number of nitrogen functional groups attached to an aromatic ring is 1. The Kier molecular flexibility index (Phi) is 2.31. The summed E-state index contributed by atoms with van der Waals surface area (Å²) in [6.07, 6.45) is 1.86. The van der Waals surface area contributed by atoms with Gasteiger partial charge in [0.15, 0.2) is 11.5 Å². The number of carbonyl (C=O) groups is 1. The molecule has 0 saturated carbocycles. The molecule has 0 spiro atoms. The molecule has 0 fully saturated rings. The average molecular weight is 256 g/mol. The first-order valence-electron chi connectivity index (χ1n) is 5.71. The summed E-state index contributed by atoms with van der Waals surface area (Å²) in [6.45, 7) is 0. The third-order valence-corrected chi connectivity index (χ3v) is 3.17. The second-order valence-corrected chi connectivity index (χ2v) is 4.33. The van der Waals surface area contributed by atoms with E-state index in [4.69, 9.17) is 5.73 Å². The Morgan fingerprint density at radius 1 is 1.42 bits per heavy atom. The van der Waals surface area contributed by atoms with E-state index in [9.17, 15) is 9.90 Å². The molecule has 2 heterocycles. The normalized spacial score (nSPS) is 11.0. The van der Waals surface area contributed by atoms with Crippen molar-refractivity contribution in [3.8, 4) is 11.1 Å². The van der Waals surface area contributed by atoms with Crippen LogP contribution >= 0.6 is 0 Å². The number of carboxylic acid groups (broad SMARTS) is 1. The van der Waals surface area contributed by atoms with Crippen LogP contribution in [0.25, 0.3) is 22.0 Å². The standard InChI is InChI=1S/C13H12N4O2/c1-17-6-8(7-4-2-3-5-9(7)17)10-11(13(18)19)15-16-12(10)14/h2-6H,1H3,(H,18,19)(H3,14,15,16). The molecule has 6 nitrogen and oxygen atoms in total. The third-order valence-electron chi connectivity index (χ3n) is 3.17. The van der Waals surface area contributed by atoms with Gasteiger partial charge in [-0.05, 0) is 6.07 Å². The smallest absolute Gasteiger partial charge is 0.354 e. The molecule has 2 aromatic heterocycles.